The normalized spacial score (nSPS) is 15.6. The molecule has 1 aliphatic heterocycles. The second kappa shape index (κ2) is 6.45. The van der Waals surface area contributed by atoms with E-state index in [9.17, 15) is 14.0 Å². The lowest BCUT2D eigenvalue weighted by Gasteiger charge is -2.29. The third kappa shape index (κ3) is 3.24. The number of halogens is 1. The van der Waals surface area contributed by atoms with E-state index in [1.165, 1.54) is 12.3 Å². The van der Waals surface area contributed by atoms with E-state index in [4.69, 9.17) is 5.11 Å². The van der Waals surface area contributed by atoms with Gasteiger partial charge < -0.3 is 10.0 Å². The van der Waals surface area contributed by atoms with Crippen molar-refractivity contribution in [3.8, 4) is 10.6 Å². The molecule has 0 saturated carbocycles. The summed E-state index contributed by atoms with van der Waals surface area (Å²) in [6.45, 7) is 0.839. The van der Waals surface area contributed by atoms with E-state index >= 15 is 0 Å². The molecular weight excluding hydrogens is 319 g/mol. The van der Waals surface area contributed by atoms with Gasteiger partial charge in [-0.3, -0.25) is 9.59 Å². The number of likely N-dealkylation sites (tertiary alicyclic amines) is 1. The highest BCUT2D eigenvalue weighted by molar-refractivity contribution is 7.16. The molecule has 3 rings (SSSR count). The monoisotopic (exact) mass is 334 g/mol. The fourth-order valence-electron chi connectivity index (χ4n) is 2.62. The Morgan fingerprint density at radius 3 is 2.61 bits per heavy atom. The molecule has 0 aliphatic carbocycles. The molecule has 1 saturated heterocycles. The molecule has 0 bridgehead atoms. The van der Waals surface area contributed by atoms with E-state index in [-0.39, 0.29) is 17.6 Å². The molecular formula is C16H15FN2O3S. The Labute approximate surface area is 136 Å². The number of thiazole rings is 1. The first-order valence-corrected chi connectivity index (χ1v) is 8.10. The molecule has 2 aromatic rings. The molecule has 0 spiro atoms. The van der Waals surface area contributed by atoms with E-state index in [1.807, 2.05) is 0 Å². The second-order valence-corrected chi connectivity index (χ2v) is 6.44. The van der Waals surface area contributed by atoms with E-state index in [0.29, 0.717) is 41.4 Å². The van der Waals surface area contributed by atoms with Crippen LogP contribution in [-0.2, 0) is 4.79 Å². The van der Waals surface area contributed by atoms with Crippen LogP contribution in [0.2, 0.25) is 0 Å². The van der Waals surface area contributed by atoms with Crippen molar-refractivity contribution in [3.63, 3.8) is 0 Å². The van der Waals surface area contributed by atoms with Crippen LogP contribution in [-0.4, -0.2) is 40.0 Å². The van der Waals surface area contributed by atoms with Crippen LogP contribution in [0.15, 0.2) is 30.5 Å². The molecule has 2 heterocycles. The summed E-state index contributed by atoms with van der Waals surface area (Å²) in [5.74, 6) is -1.73. The number of carbonyl (C=O) groups excluding carboxylic acids is 1. The summed E-state index contributed by atoms with van der Waals surface area (Å²) in [5, 5.41) is 9.45. The Morgan fingerprint density at radius 1 is 1.26 bits per heavy atom. The van der Waals surface area contributed by atoms with Crippen molar-refractivity contribution in [2.24, 2.45) is 5.92 Å². The van der Waals surface area contributed by atoms with Crippen molar-refractivity contribution in [2.45, 2.75) is 12.8 Å². The fraction of sp³-hybridized carbons (Fsp3) is 0.312. The number of amides is 1. The van der Waals surface area contributed by atoms with Gasteiger partial charge in [0.15, 0.2) is 0 Å². The minimum absolute atomic E-state index is 0.172. The Kier molecular flexibility index (Phi) is 4.38. The zero-order valence-corrected chi connectivity index (χ0v) is 13.1. The minimum Gasteiger partial charge on any atom is -0.481 e. The van der Waals surface area contributed by atoms with Gasteiger partial charge in [-0.15, -0.1) is 11.3 Å². The summed E-state index contributed by atoms with van der Waals surface area (Å²) in [6, 6.07) is 6.30. The zero-order chi connectivity index (χ0) is 16.4. The van der Waals surface area contributed by atoms with Crippen molar-refractivity contribution in [1.82, 2.24) is 9.88 Å². The first-order chi connectivity index (χ1) is 11.1. The number of carbonyl (C=O) groups is 2. The lowest BCUT2D eigenvalue weighted by Crippen LogP contribution is -2.39. The highest BCUT2D eigenvalue weighted by Gasteiger charge is 2.28. The average molecular weight is 334 g/mol. The van der Waals surface area contributed by atoms with Crippen molar-refractivity contribution >= 4 is 23.2 Å². The second-order valence-electron chi connectivity index (χ2n) is 5.41. The maximum absolute atomic E-state index is 13.8. The minimum atomic E-state index is -0.809. The van der Waals surface area contributed by atoms with Crippen LogP contribution in [0.1, 0.15) is 22.5 Å². The van der Waals surface area contributed by atoms with Crippen LogP contribution >= 0.6 is 11.3 Å². The molecule has 1 N–H and O–H groups in total. The fourth-order valence-corrected chi connectivity index (χ4v) is 3.53. The van der Waals surface area contributed by atoms with E-state index < -0.39 is 5.97 Å². The quantitative estimate of drug-likeness (QED) is 0.937. The molecule has 120 valence electrons. The molecule has 0 radical (unpaired) electrons. The number of hydrogen-bond donors (Lipinski definition) is 1. The van der Waals surface area contributed by atoms with Crippen LogP contribution in [0.25, 0.3) is 10.6 Å². The Hall–Kier alpha value is -2.28. The van der Waals surface area contributed by atoms with Gasteiger partial charge >= 0.3 is 5.97 Å². The van der Waals surface area contributed by atoms with Crippen molar-refractivity contribution in [1.29, 1.82) is 0 Å². The van der Waals surface area contributed by atoms with Gasteiger partial charge in [0.05, 0.1) is 12.1 Å². The van der Waals surface area contributed by atoms with Gasteiger partial charge in [0, 0.05) is 18.7 Å². The lowest BCUT2D eigenvalue weighted by atomic mass is 9.97. The van der Waals surface area contributed by atoms with Gasteiger partial charge in [-0.05, 0) is 25.0 Å². The maximum Gasteiger partial charge on any atom is 0.306 e. The third-order valence-corrected chi connectivity index (χ3v) is 4.97. The number of aliphatic carboxylic acids is 1. The maximum atomic E-state index is 13.8. The summed E-state index contributed by atoms with van der Waals surface area (Å²) < 4.78 is 13.8. The first kappa shape index (κ1) is 15.6. The molecule has 1 amide bonds. The molecule has 23 heavy (non-hydrogen) atoms. The SMILES string of the molecule is O=C(O)C1CCN(C(=O)c2cnc(-c3ccccc3F)s2)CC1. The summed E-state index contributed by atoms with van der Waals surface area (Å²) in [5.41, 5.74) is 0.376. The number of carboxylic acid groups (broad SMARTS) is 1. The highest BCUT2D eigenvalue weighted by atomic mass is 32.1. The smallest absolute Gasteiger partial charge is 0.306 e. The number of nitrogens with zero attached hydrogens (tertiary/aromatic N) is 2. The molecule has 0 unspecified atom stereocenters. The molecule has 1 fully saturated rings. The van der Waals surface area contributed by atoms with Gasteiger partial charge in [-0.2, -0.15) is 0 Å². The third-order valence-electron chi connectivity index (χ3n) is 3.95. The van der Waals surface area contributed by atoms with Gasteiger partial charge in [0.2, 0.25) is 0 Å². The Morgan fingerprint density at radius 2 is 1.96 bits per heavy atom. The van der Waals surface area contributed by atoms with Crippen molar-refractivity contribution < 1.29 is 19.1 Å². The molecule has 1 aliphatic rings. The summed E-state index contributed by atoms with van der Waals surface area (Å²) in [4.78, 5) is 29.6. The van der Waals surface area contributed by atoms with Crippen molar-refractivity contribution in [2.75, 3.05) is 13.1 Å². The van der Waals surface area contributed by atoms with Crippen LogP contribution in [0.5, 0.6) is 0 Å². The number of benzene rings is 1. The predicted molar refractivity (Wildman–Crippen MR) is 83.8 cm³/mol. The summed E-state index contributed by atoms with van der Waals surface area (Å²) in [6.07, 6.45) is 2.37. The predicted octanol–water partition coefficient (Wildman–Crippen LogP) is 2.89. The van der Waals surface area contributed by atoms with Crippen LogP contribution in [0, 0.1) is 11.7 Å². The molecule has 1 aromatic heterocycles. The molecule has 0 atom stereocenters. The summed E-state index contributed by atoms with van der Waals surface area (Å²) in [7, 11) is 0. The van der Waals surface area contributed by atoms with E-state index in [0.717, 1.165) is 11.3 Å². The van der Waals surface area contributed by atoms with Crippen molar-refractivity contribution in [3.05, 3.63) is 41.2 Å². The number of rotatable bonds is 3. The average Bonchev–Trinajstić information content (AvgIpc) is 3.04. The van der Waals surface area contributed by atoms with Gasteiger partial charge in [0.25, 0.3) is 5.91 Å². The van der Waals surface area contributed by atoms with Gasteiger partial charge in [0.1, 0.15) is 15.7 Å². The topological polar surface area (TPSA) is 70.5 Å². The van der Waals surface area contributed by atoms with E-state index in [2.05, 4.69) is 4.98 Å². The number of piperidine rings is 1. The van der Waals surface area contributed by atoms with Crippen LogP contribution in [0.3, 0.4) is 0 Å². The van der Waals surface area contributed by atoms with E-state index in [1.54, 1.807) is 23.1 Å². The molecule has 7 heteroatoms. The standard InChI is InChI=1S/C16H15FN2O3S/c17-12-4-2-1-3-11(12)14-18-9-13(23-14)15(20)19-7-5-10(6-8-19)16(21)22/h1-4,9-10H,5-8H2,(H,21,22). The number of aromatic nitrogens is 1. The zero-order valence-electron chi connectivity index (χ0n) is 12.2. The summed E-state index contributed by atoms with van der Waals surface area (Å²) >= 11 is 1.15. The number of hydrogen-bond acceptors (Lipinski definition) is 4. The Balaban J connectivity index is 1.72. The first-order valence-electron chi connectivity index (χ1n) is 7.29. The van der Waals surface area contributed by atoms with Crippen LogP contribution < -0.4 is 0 Å². The number of carboxylic acids is 1. The van der Waals surface area contributed by atoms with Gasteiger partial charge in [-0.1, -0.05) is 12.1 Å². The lowest BCUT2D eigenvalue weighted by molar-refractivity contribution is -0.143. The Bertz CT molecular complexity index is 738. The molecule has 5 nitrogen and oxygen atoms in total. The highest BCUT2D eigenvalue weighted by Crippen LogP contribution is 2.29. The molecule has 1 aromatic carbocycles. The van der Waals surface area contributed by atoms with Gasteiger partial charge in [-0.25, -0.2) is 9.37 Å². The largest absolute Gasteiger partial charge is 0.481 e. The van der Waals surface area contributed by atoms with Crippen LogP contribution in [0.4, 0.5) is 4.39 Å².